The molecule has 126 valence electrons. The van der Waals surface area contributed by atoms with Crippen LogP contribution in [0.1, 0.15) is 30.5 Å². The molecule has 1 atom stereocenters. The van der Waals surface area contributed by atoms with Gasteiger partial charge < -0.3 is 10.6 Å². The van der Waals surface area contributed by atoms with Crippen LogP contribution in [0.5, 0.6) is 0 Å². The highest BCUT2D eigenvalue weighted by atomic mass is 35.5. The molecule has 0 radical (unpaired) electrons. The maximum Gasteiger partial charge on any atom is 0.222 e. The summed E-state index contributed by atoms with van der Waals surface area (Å²) in [4.78, 5) is 23.5. The highest BCUT2D eigenvalue weighted by molar-refractivity contribution is 6.30. The van der Waals surface area contributed by atoms with Gasteiger partial charge in [0.15, 0.2) is 0 Å². The molecule has 6 heteroatoms. The van der Waals surface area contributed by atoms with Crippen LogP contribution in [0, 0.1) is 5.82 Å². The Labute approximate surface area is 145 Å². The van der Waals surface area contributed by atoms with E-state index in [0.717, 1.165) is 11.1 Å². The number of rotatable bonds is 6. The third-order valence-electron chi connectivity index (χ3n) is 3.44. The summed E-state index contributed by atoms with van der Waals surface area (Å²) in [7, 11) is 0. The van der Waals surface area contributed by atoms with Crippen molar-refractivity contribution in [2.75, 3.05) is 0 Å². The van der Waals surface area contributed by atoms with Gasteiger partial charge in [0.25, 0.3) is 0 Å². The average molecular weight is 349 g/mol. The maximum atomic E-state index is 12.9. The van der Waals surface area contributed by atoms with E-state index in [0.29, 0.717) is 11.6 Å². The van der Waals surface area contributed by atoms with E-state index in [-0.39, 0.29) is 24.1 Å². The van der Waals surface area contributed by atoms with Crippen LogP contribution in [0.2, 0.25) is 5.02 Å². The molecule has 4 nitrogen and oxygen atoms in total. The summed E-state index contributed by atoms with van der Waals surface area (Å²) < 4.78 is 12.9. The fraction of sp³-hybridized carbons (Fsp3) is 0.222. The molecule has 2 aromatic rings. The van der Waals surface area contributed by atoms with Gasteiger partial charge in [-0.3, -0.25) is 9.59 Å². The number of halogens is 2. The van der Waals surface area contributed by atoms with E-state index >= 15 is 0 Å². The minimum absolute atomic E-state index is 0.0996. The lowest BCUT2D eigenvalue weighted by atomic mass is 10.0. The van der Waals surface area contributed by atoms with Gasteiger partial charge in [-0.05, 0) is 35.4 Å². The van der Waals surface area contributed by atoms with E-state index in [4.69, 9.17) is 11.6 Å². The number of amides is 2. The molecule has 2 aromatic carbocycles. The molecular formula is C18H18ClFN2O2. The Morgan fingerprint density at radius 3 is 2.29 bits per heavy atom. The second-order valence-electron chi connectivity index (χ2n) is 5.41. The highest BCUT2D eigenvalue weighted by Crippen LogP contribution is 2.19. The molecule has 0 bridgehead atoms. The van der Waals surface area contributed by atoms with E-state index in [1.807, 2.05) is 0 Å². The topological polar surface area (TPSA) is 58.2 Å². The number of hydrogen-bond acceptors (Lipinski definition) is 2. The van der Waals surface area contributed by atoms with Crippen molar-refractivity contribution in [3.63, 3.8) is 0 Å². The molecule has 0 aliphatic carbocycles. The summed E-state index contributed by atoms with van der Waals surface area (Å²) in [5.41, 5.74) is 1.60. The highest BCUT2D eigenvalue weighted by Gasteiger charge is 2.17. The van der Waals surface area contributed by atoms with E-state index in [1.165, 1.54) is 19.1 Å². The Kier molecular flexibility index (Phi) is 6.32. The predicted molar refractivity (Wildman–Crippen MR) is 90.9 cm³/mol. The van der Waals surface area contributed by atoms with Gasteiger partial charge in [-0.2, -0.15) is 0 Å². The van der Waals surface area contributed by atoms with Crippen molar-refractivity contribution in [2.24, 2.45) is 0 Å². The van der Waals surface area contributed by atoms with Gasteiger partial charge >= 0.3 is 0 Å². The smallest absolute Gasteiger partial charge is 0.222 e. The van der Waals surface area contributed by atoms with Crippen molar-refractivity contribution in [2.45, 2.75) is 25.9 Å². The van der Waals surface area contributed by atoms with Crippen molar-refractivity contribution in [1.29, 1.82) is 0 Å². The lowest BCUT2D eigenvalue weighted by Gasteiger charge is -2.18. The van der Waals surface area contributed by atoms with Gasteiger partial charge in [0.2, 0.25) is 11.8 Å². The molecule has 0 aliphatic rings. The molecule has 1 unspecified atom stereocenters. The number of benzene rings is 2. The fourth-order valence-electron chi connectivity index (χ4n) is 2.25. The number of carbonyl (C=O) groups is 2. The molecule has 24 heavy (non-hydrogen) atoms. The molecule has 0 aromatic heterocycles. The standard InChI is InChI=1S/C18H18ClFN2O2/c1-12(23)22-17(14-4-6-15(19)7-5-14)10-18(24)21-11-13-2-8-16(20)9-3-13/h2-9,17H,10-11H2,1H3,(H,21,24)(H,22,23). The van der Waals surface area contributed by atoms with Gasteiger partial charge in [0.05, 0.1) is 12.5 Å². The quantitative estimate of drug-likeness (QED) is 0.841. The van der Waals surface area contributed by atoms with Crippen molar-refractivity contribution < 1.29 is 14.0 Å². The summed E-state index contributed by atoms with van der Waals surface area (Å²) >= 11 is 5.86. The molecule has 2 N–H and O–H groups in total. The Bertz CT molecular complexity index is 702. The molecule has 0 heterocycles. The first-order valence-electron chi connectivity index (χ1n) is 7.48. The molecule has 0 spiro atoms. The third kappa shape index (κ3) is 5.66. The second-order valence-corrected chi connectivity index (χ2v) is 5.85. The third-order valence-corrected chi connectivity index (χ3v) is 3.69. The minimum Gasteiger partial charge on any atom is -0.352 e. The summed E-state index contributed by atoms with van der Waals surface area (Å²) in [6.45, 7) is 1.70. The maximum absolute atomic E-state index is 12.9. The summed E-state index contributed by atoms with van der Waals surface area (Å²) in [6.07, 6.45) is 0.0996. The van der Waals surface area contributed by atoms with Crippen LogP contribution >= 0.6 is 11.6 Å². The van der Waals surface area contributed by atoms with E-state index in [9.17, 15) is 14.0 Å². The normalized spacial score (nSPS) is 11.6. The lowest BCUT2D eigenvalue weighted by molar-refractivity contribution is -0.122. The Hall–Kier alpha value is -2.40. The van der Waals surface area contributed by atoms with E-state index < -0.39 is 6.04 Å². The van der Waals surface area contributed by atoms with Crippen LogP contribution in [-0.4, -0.2) is 11.8 Å². The van der Waals surface area contributed by atoms with Crippen LogP contribution in [0.25, 0.3) is 0 Å². The summed E-state index contributed by atoms with van der Waals surface area (Å²) in [5.74, 6) is -0.757. The number of hydrogen-bond donors (Lipinski definition) is 2. The largest absolute Gasteiger partial charge is 0.352 e. The first kappa shape index (κ1) is 17.9. The first-order valence-corrected chi connectivity index (χ1v) is 7.85. The predicted octanol–water partition coefficient (Wildman–Crippen LogP) is 3.36. The van der Waals surface area contributed by atoms with Gasteiger partial charge in [-0.1, -0.05) is 35.9 Å². The van der Waals surface area contributed by atoms with Crippen LogP contribution < -0.4 is 10.6 Å². The Balaban J connectivity index is 1.97. The molecule has 0 fully saturated rings. The SMILES string of the molecule is CC(=O)NC(CC(=O)NCc1ccc(F)cc1)c1ccc(Cl)cc1. The van der Waals surface area contributed by atoms with Crippen molar-refractivity contribution >= 4 is 23.4 Å². The minimum atomic E-state index is -0.437. The van der Waals surface area contributed by atoms with Crippen LogP contribution in [0.15, 0.2) is 48.5 Å². The number of carbonyl (C=O) groups excluding carboxylic acids is 2. The molecule has 0 aliphatic heterocycles. The van der Waals surface area contributed by atoms with Gasteiger partial charge in [-0.25, -0.2) is 4.39 Å². The van der Waals surface area contributed by atoms with Crippen LogP contribution in [0.3, 0.4) is 0 Å². The lowest BCUT2D eigenvalue weighted by Crippen LogP contribution is -2.32. The van der Waals surface area contributed by atoms with Crippen LogP contribution in [-0.2, 0) is 16.1 Å². The zero-order valence-corrected chi connectivity index (χ0v) is 13.9. The zero-order chi connectivity index (χ0) is 17.5. The van der Waals surface area contributed by atoms with Crippen molar-refractivity contribution in [1.82, 2.24) is 10.6 Å². The molecule has 2 amide bonds. The molecule has 0 saturated heterocycles. The second kappa shape index (κ2) is 8.45. The summed E-state index contributed by atoms with van der Waals surface area (Å²) in [6, 6.07) is 12.4. The van der Waals surface area contributed by atoms with E-state index in [1.54, 1.807) is 36.4 Å². The fourth-order valence-corrected chi connectivity index (χ4v) is 2.38. The zero-order valence-electron chi connectivity index (χ0n) is 13.2. The average Bonchev–Trinajstić information content (AvgIpc) is 2.54. The summed E-state index contributed by atoms with van der Waals surface area (Å²) in [5, 5.41) is 6.11. The van der Waals surface area contributed by atoms with Gasteiger partial charge in [-0.15, -0.1) is 0 Å². The molecule has 0 saturated carbocycles. The van der Waals surface area contributed by atoms with Gasteiger partial charge in [0.1, 0.15) is 5.82 Å². The first-order chi connectivity index (χ1) is 11.4. The Morgan fingerprint density at radius 1 is 1.08 bits per heavy atom. The monoisotopic (exact) mass is 348 g/mol. The number of nitrogens with one attached hydrogen (secondary N) is 2. The van der Waals surface area contributed by atoms with Gasteiger partial charge in [0, 0.05) is 18.5 Å². The molecule has 2 rings (SSSR count). The van der Waals surface area contributed by atoms with Crippen molar-refractivity contribution in [3.05, 3.63) is 70.5 Å². The van der Waals surface area contributed by atoms with Crippen LogP contribution in [0.4, 0.5) is 4.39 Å². The molecular weight excluding hydrogens is 331 g/mol. The van der Waals surface area contributed by atoms with E-state index in [2.05, 4.69) is 10.6 Å². The Morgan fingerprint density at radius 2 is 1.71 bits per heavy atom. The van der Waals surface area contributed by atoms with Crippen molar-refractivity contribution in [3.8, 4) is 0 Å².